The molecule has 2 aliphatic rings. The molecule has 2 fully saturated rings. The number of hydrogen-bond donors (Lipinski definition) is 0. The van der Waals surface area contributed by atoms with Crippen LogP contribution in [0.2, 0.25) is 0 Å². The first kappa shape index (κ1) is 15.5. The van der Waals surface area contributed by atoms with Crippen molar-refractivity contribution in [3.05, 3.63) is 18.0 Å². The molecule has 2 saturated heterocycles. The molecule has 3 heterocycles. The van der Waals surface area contributed by atoms with Crippen molar-refractivity contribution in [2.75, 3.05) is 45.9 Å². The van der Waals surface area contributed by atoms with Gasteiger partial charge in [0.05, 0.1) is 13.2 Å². The molecule has 1 aromatic heterocycles. The van der Waals surface area contributed by atoms with Gasteiger partial charge in [-0.15, -0.1) is 0 Å². The number of nitrogens with zero attached hydrogens (tertiary/aromatic N) is 4. The lowest BCUT2D eigenvalue weighted by atomic mass is 9.93. The summed E-state index contributed by atoms with van der Waals surface area (Å²) in [5.74, 6) is 0.885. The lowest BCUT2D eigenvalue weighted by molar-refractivity contribution is -0.135. The van der Waals surface area contributed by atoms with Crippen molar-refractivity contribution in [3.8, 4) is 0 Å². The third kappa shape index (κ3) is 3.67. The minimum atomic E-state index is 0.275. The molecule has 0 aromatic carbocycles. The van der Waals surface area contributed by atoms with Gasteiger partial charge in [-0.1, -0.05) is 0 Å². The van der Waals surface area contributed by atoms with Crippen molar-refractivity contribution >= 4 is 5.91 Å². The van der Waals surface area contributed by atoms with E-state index >= 15 is 0 Å². The third-order valence-electron chi connectivity index (χ3n) is 4.87. The van der Waals surface area contributed by atoms with Crippen LogP contribution in [0.15, 0.2) is 12.3 Å². The smallest absolute Gasteiger partial charge is 0.224 e. The van der Waals surface area contributed by atoms with E-state index in [0.29, 0.717) is 25.6 Å². The fourth-order valence-corrected chi connectivity index (χ4v) is 3.46. The van der Waals surface area contributed by atoms with Gasteiger partial charge in [0, 0.05) is 50.9 Å². The fourth-order valence-electron chi connectivity index (χ4n) is 3.46. The number of carbonyl (C=O) groups excluding carboxylic acids is 1. The van der Waals surface area contributed by atoms with E-state index in [1.54, 1.807) is 0 Å². The molecular formula is C16H26N4O2. The maximum absolute atomic E-state index is 12.2. The number of aromatic nitrogens is 2. The number of rotatable bonds is 4. The average Bonchev–Trinajstić information content (AvgIpc) is 3.00. The Bertz CT molecular complexity index is 488. The molecule has 2 aliphatic heterocycles. The van der Waals surface area contributed by atoms with Gasteiger partial charge in [0.15, 0.2) is 0 Å². The summed E-state index contributed by atoms with van der Waals surface area (Å²) in [6.45, 7) is 5.90. The van der Waals surface area contributed by atoms with E-state index in [-0.39, 0.29) is 5.91 Å². The van der Waals surface area contributed by atoms with E-state index in [9.17, 15) is 4.79 Å². The van der Waals surface area contributed by atoms with Gasteiger partial charge in [0.25, 0.3) is 0 Å². The van der Waals surface area contributed by atoms with E-state index < -0.39 is 0 Å². The maximum atomic E-state index is 12.2. The standard InChI is InChI=1S/C16H26N4O2/c1-18-15(2-6-17-18)14-3-7-19(8-4-14)9-5-16(21)20-10-12-22-13-11-20/h2,6,14H,3-5,7-13H2,1H3. The van der Waals surface area contributed by atoms with Crippen LogP contribution >= 0.6 is 0 Å². The summed E-state index contributed by atoms with van der Waals surface area (Å²) in [4.78, 5) is 16.5. The number of hydrogen-bond acceptors (Lipinski definition) is 4. The molecule has 0 bridgehead atoms. The molecular weight excluding hydrogens is 280 g/mol. The average molecular weight is 306 g/mol. The third-order valence-corrected chi connectivity index (χ3v) is 4.87. The lowest BCUT2D eigenvalue weighted by Crippen LogP contribution is -2.42. The van der Waals surface area contributed by atoms with Gasteiger partial charge in [-0.2, -0.15) is 5.10 Å². The van der Waals surface area contributed by atoms with E-state index in [0.717, 1.165) is 45.6 Å². The summed E-state index contributed by atoms with van der Waals surface area (Å²) in [6.07, 6.45) is 4.83. The predicted octanol–water partition coefficient (Wildman–Crippen LogP) is 0.848. The largest absolute Gasteiger partial charge is 0.378 e. The topological polar surface area (TPSA) is 50.6 Å². The highest BCUT2D eigenvalue weighted by atomic mass is 16.5. The molecule has 0 aliphatic carbocycles. The van der Waals surface area contributed by atoms with Gasteiger partial charge >= 0.3 is 0 Å². The fraction of sp³-hybridized carbons (Fsp3) is 0.750. The van der Waals surface area contributed by atoms with Crippen LogP contribution < -0.4 is 0 Å². The zero-order valence-corrected chi connectivity index (χ0v) is 13.4. The molecule has 0 N–H and O–H groups in total. The quantitative estimate of drug-likeness (QED) is 0.827. The predicted molar refractivity (Wildman–Crippen MR) is 83.6 cm³/mol. The van der Waals surface area contributed by atoms with Crippen LogP contribution in [0.25, 0.3) is 0 Å². The van der Waals surface area contributed by atoms with Gasteiger partial charge in [-0.05, 0) is 32.0 Å². The first-order valence-corrected chi connectivity index (χ1v) is 8.30. The van der Waals surface area contributed by atoms with Crippen LogP contribution in [0, 0.1) is 0 Å². The van der Waals surface area contributed by atoms with Crippen molar-refractivity contribution in [1.82, 2.24) is 19.6 Å². The van der Waals surface area contributed by atoms with Crippen LogP contribution in [0.4, 0.5) is 0 Å². The Balaban J connectivity index is 1.40. The minimum Gasteiger partial charge on any atom is -0.378 e. The number of piperidine rings is 1. The second-order valence-corrected chi connectivity index (χ2v) is 6.24. The Morgan fingerprint density at radius 2 is 2.00 bits per heavy atom. The molecule has 1 aromatic rings. The van der Waals surface area contributed by atoms with Gasteiger partial charge in [-0.25, -0.2) is 0 Å². The summed E-state index contributed by atoms with van der Waals surface area (Å²) in [5, 5.41) is 4.26. The Morgan fingerprint density at radius 3 is 2.64 bits per heavy atom. The molecule has 22 heavy (non-hydrogen) atoms. The monoisotopic (exact) mass is 306 g/mol. The summed E-state index contributed by atoms with van der Waals surface area (Å²) in [5.41, 5.74) is 1.34. The van der Waals surface area contributed by atoms with Crippen LogP contribution in [-0.2, 0) is 16.6 Å². The summed E-state index contributed by atoms with van der Waals surface area (Å²) in [7, 11) is 2.02. The molecule has 0 saturated carbocycles. The Hall–Kier alpha value is -1.40. The summed E-state index contributed by atoms with van der Waals surface area (Å²) < 4.78 is 7.28. The zero-order chi connectivity index (χ0) is 15.4. The zero-order valence-electron chi connectivity index (χ0n) is 13.4. The molecule has 0 radical (unpaired) electrons. The summed E-state index contributed by atoms with van der Waals surface area (Å²) >= 11 is 0. The molecule has 6 heteroatoms. The van der Waals surface area contributed by atoms with E-state index in [1.165, 1.54) is 5.69 Å². The molecule has 0 unspecified atom stereocenters. The number of aryl methyl sites for hydroxylation is 1. The first-order chi connectivity index (χ1) is 10.7. The van der Waals surface area contributed by atoms with Gasteiger partial charge in [0.2, 0.25) is 5.91 Å². The maximum Gasteiger partial charge on any atom is 0.224 e. The van der Waals surface area contributed by atoms with Gasteiger partial charge < -0.3 is 14.5 Å². The minimum absolute atomic E-state index is 0.275. The molecule has 1 amide bonds. The lowest BCUT2D eigenvalue weighted by Gasteiger charge is -2.33. The second-order valence-electron chi connectivity index (χ2n) is 6.24. The van der Waals surface area contributed by atoms with Crippen molar-refractivity contribution in [2.45, 2.75) is 25.2 Å². The van der Waals surface area contributed by atoms with Crippen LogP contribution in [-0.4, -0.2) is 71.4 Å². The highest BCUT2D eigenvalue weighted by Crippen LogP contribution is 2.27. The number of carbonyl (C=O) groups is 1. The molecule has 0 spiro atoms. The second kappa shape index (κ2) is 7.24. The van der Waals surface area contributed by atoms with Crippen molar-refractivity contribution in [1.29, 1.82) is 0 Å². The van der Waals surface area contributed by atoms with Crippen LogP contribution in [0.1, 0.15) is 30.9 Å². The number of likely N-dealkylation sites (tertiary alicyclic amines) is 1. The Labute approximate surface area is 132 Å². The first-order valence-electron chi connectivity index (χ1n) is 8.30. The number of ether oxygens (including phenoxy) is 1. The molecule has 3 rings (SSSR count). The van der Waals surface area contributed by atoms with E-state index in [2.05, 4.69) is 16.1 Å². The van der Waals surface area contributed by atoms with Crippen LogP contribution in [0.5, 0.6) is 0 Å². The summed E-state index contributed by atoms with van der Waals surface area (Å²) in [6, 6.07) is 2.13. The van der Waals surface area contributed by atoms with E-state index in [4.69, 9.17) is 4.74 Å². The highest BCUT2D eigenvalue weighted by molar-refractivity contribution is 5.76. The molecule has 0 atom stereocenters. The SMILES string of the molecule is Cn1nccc1C1CCN(CCC(=O)N2CCOCC2)CC1. The Morgan fingerprint density at radius 1 is 1.27 bits per heavy atom. The van der Waals surface area contributed by atoms with Crippen LogP contribution in [0.3, 0.4) is 0 Å². The van der Waals surface area contributed by atoms with Crippen molar-refractivity contribution in [2.24, 2.45) is 7.05 Å². The highest BCUT2D eigenvalue weighted by Gasteiger charge is 2.23. The van der Waals surface area contributed by atoms with Gasteiger partial charge in [0.1, 0.15) is 0 Å². The Kier molecular flexibility index (Phi) is 5.10. The number of amides is 1. The number of morpholine rings is 1. The van der Waals surface area contributed by atoms with E-state index in [1.807, 2.05) is 22.8 Å². The molecule has 6 nitrogen and oxygen atoms in total. The van der Waals surface area contributed by atoms with Crippen molar-refractivity contribution in [3.63, 3.8) is 0 Å². The van der Waals surface area contributed by atoms with Crippen molar-refractivity contribution < 1.29 is 9.53 Å². The molecule has 122 valence electrons. The normalized spacial score (nSPS) is 21.2. The van der Waals surface area contributed by atoms with Gasteiger partial charge in [-0.3, -0.25) is 9.48 Å².